The second kappa shape index (κ2) is 7.03. The van der Waals surface area contributed by atoms with Gasteiger partial charge in [0.15, 0.2) is 0 Å². The fourth-order valence-corrected chi connectivity index (χ4v) is 3.81. The Balaban J connectivity index is 1.47. The number of aromatic nitrogens is 1. The molecule has 0 radical (unpaired) electrons. The Morgan fingerprint density at radius 2 is 1.85 bits per heavy atom. The number of fused-ring (bicyclic) bond motifs is 1. The molecule has 3 aromatic rings. The number of ether oxygens (including phenoxy) is 1. The summed E-state index contributed by atoms with van der Waals surface area (Å²) in [5, 5.41) is 1.04. The van der Waals surface area contributed by atoms with Crippen molar-refractivity contribution < 1.29 is 9.53 Å². The Hall–Kier alpha value is -2.47. The van der Waals surface area contributed by atoms with Crippen molar-refractivity contribution in [3.05, 3.63) is 58.7 Å². The van der Waals surface area contributed by atoms with Gasteiger partial charge in [-0.3, -0.25) is 4.79 Å². The first-order chi connectivity index (χ1) is 12.7. The van der Waals surface area contributed by atoms with Crippen LogP contribution in [-0.2, 0) is 0 Å². The highest BCUT2D eigenvalue weighted by molar-refractivity contribution is 9.10. The van der Waals surface area contributed by atoms with Crippen LogP contribution in [-0.4, -0.2) is 49.1 Å². The predicted octanol–water partition coefficient (Wildman–Crippen LogP) is 3.90. The van der Waals surface area contributed by atoms with Gasteiger partial charge in [-0.05, 0) is 36.4 Å². The zero-order valence-electron chi connectivity index (χ0n) is 14.5. The van der Waals surface area contributed by atoms with E-state index in [0.717, 1.165) is 39.9 Å². The summed E-state index contributed by atoms with van der Waals surface area (Å²) in [5.41, 5.74) is 2.70. The van der Waals surface area contributed by atoms with Crippen molar-refractivity contribution in [1.29, 1.82) is 0 Å². The molecule has 0 spiro atoms. The monoisotopic (exact) mass is 413 g/mol. The van der Waals surface area contributed by atoms with Crippen LogP contribution in [0.2, 0.25) is 0 Å². The highest BCUT2D eigenvalue weighted by Gasteiger charge is 2.24. The molecule has 4 rings (SSSR count). The molecule has 0 aliphatic carbocycles. The third-order valence-electron chi connectivity index (χ3n) is 4.81. The van der Waals surface area contributed by atoms with Gasteiger partial charge in [0.25, 0.3) is 5.91 Å². The van der Waals surface area contributed by atoms with E-state index in [1.165, 1.54) is 0 Å². The average Bonchev–Trinajstić information content (AvgIpc) is 3.10. The minimum atomic E-state index is 0.0528. The van der Waals surface area contributed by atoms with Gasteiger partial charge in [-0.15, -0.1) is 0 Å². The van der Waals surface area contributed by atoms with Gasteiger partial charge in [0.2, 0.25) is 0 Å². The predicted molar refractivity (Wildman–Crippen MR) is 107 cm³/mol. The summed E-state index contributed by atoms with van der Waals surface area (Å²) < 4.78 is 6.46. The maximum absolute atomic E-state index is 12.9. The summed E-state index contributed by atoms with van der Waals surface area (Å²) in [4.78, 5) is 20.3. The van der Waals surface area contributed by atoms with Gasteiger partial charge in [0, 0.05) is 41.6 Å². The molecule has 1 aliphatic heterocycles. The smallest absolute Gasteiger partial charge is 0.270 e. The van der Waals surface area contributed by atoms with Crippen LogP contribution in [0.25, 0.3) is 10.9 Å². The molecule has 1 fully saturated rings. The van der Waals surface area contributed by atoms with Crippen molar-refractivity contribution in [2.75, 3.05) is 38.2 Å². The van der Waals surface area contributed by atoms with E-state index in [0.29, 0.717) is 18.8 Å². The molecule has 0 unspecified atom stereocenters. The molecule has 134 valence electrons. The van der Waals surface area contributed by atoms with Gasteiger partial charge < -0.3 is 19.5 Å². The lowest BCUT2D eigenvalue weighted by Crippen LogP contribution is -2.49. The molecule has 1 N–H and O–H groups in total. The number of methoxy groups -OCH3 is 1. The Labute approximate surface area is 160 Å². The van der Waals surface area contributed by atoms with Crippen molar-refractivity contribution in [3.8, 4) is 5.75 Å². The normalized spacial score (nSPS) is 14.7. The SMILES string of the molecule is COc1ccccc1N1CCN(C(=O)c2cc3cc(Br)ccc3[nH]2)CC1. The molecule has 1 amide bonds. The van der Waals surface area contributed by atoms with E-state index in [4.69, 9.17) is 4.74 Å². The second-order valence-corrected chi connectivity index (χ2v) is 7.28. The minimum Gasteiger partial charge on any atom is -0.495 e. The number of amides is 1. The zero-order chi connectivity index (χ0) is 18.1. The van der Waals surface area contributed by atoms with Gasteiger partial charge in [0.1, 0.15) is 11.4 Å². The molecule has 1 saturated heterocycles. The van der Waals surface area contributed by atoms with Gasteiger partial charge in [-0.25, -0.2) is 0 Å². The molecule has 6 heteroatoms. The molecule has 1 aliphatic rings. The lowest BCUT2D eigenvalue weighted by atomic mass is 10.2. The highest BCUT2D eigenvalue weighted by Crippen LogP contribution is 2.28. The van der Waals surface area contributed by atoms with Crippen LogP contribution in [0.1, 0.15) is 10.5 Å². The molecule has 1 aromatic heterocycles. The van der Waals surface area contributed by atoms with Crippen molar-refractivity contribution in [2.24, 2.45) is 0 Å². The van der Waals surface area contributed by atoms with Crippen molar-refractivity contribution >= 4 is 38.4 Å². The van der Waals surface area contributed by atoms with Crippen molar-refractivity contribution in [1.82, 2.24) is 9.88 Å². The lowest BCUT2D eigenvalue weighted by Gasteiger charge is -2.36. The Morgan fingerprint density at radius 3 is 2.62 bits per heavy atom. The van der Waals surface area contributed by atoms with Gasteiger partial charge in [-0.2, -0.15) is 0 Å². The lowest BCUT2D eigenvalue weighted by molar-refractivity contribution is 0.0742. The van der Waals surface area contributed by atoms with E-state index < -0.39 is 0 Å². The molecule has 26 heavy (non-hydrogen) atoms. The molecular weight excluding hydrogens is 394 g/mol. The van der Waals surface area contributed by atoms with Crippen molar-refractivity contribution in [3.63, 3.8) is 0 Å². The first kappa shape index (κ1) is 17.0. The molecule has 2 aromatic carbocycles. The zero-order valence-corrected chi connectivity index (χ0v) is 16.1. The number of piperazine rings is 1. The fourth-order valence-electron chi connectivity index (χ4n) is 3.43. The number of nitrogens with one attached hydrogen (secondary N) is 1. The van der Waals surface area contributed by atoms with Crippen LogP contribution in [0.15, 0.2) is 53.0 Å². The molecule has 5 nitrogen and oxygen atoms in total. The number of H-pyrrole nitrogens is 1. The number of hydrogen-bond donors (Lipinski definition) is 1. The van der Waals surface area contributed by atoms with E-state index in [2.05, 4.69) is 31.9 Å². The Bertz CT molecular complexity index is 945. The summed E-state index contributed by atoms with van der Waals surface area (Å²) in [6, 6.07) is 15.9. The number of para-hydroxylation sites is 2. The molecule has 0 saturated carbocycles. The summed E-state index contributed by atoms with van der Waals surface area (Å²) in [6.07, 6.45) is 0. The van der Waals surface area contributed by atoms with Crippen molar-refractivity contribution in [2.45, 2.75) is 0 Å². The van der Waals surface area contributed by atoms with Crippen LogP contribution in [0.5, 0.6) is 5.75 Å². The van der Waals surface area contributed by atoms with Crippen LogP contribution < -0.4 is 9.64 Å². The topological polar surface area (TPSA) is 48.6 Å². The molecule has 0 bridgehead atoms. The average molecular weight is 414 g/mol. The van der Waals surface area contributed by atoms with Gasteiger partial charge in [0.05, 0.1) is 12.8 Å². The van der Waals surface area contributed by atoms with E-state index in [-0.39, 0.29) is 5.91 Å². The highest BCUT2D eigenvalue weighted by atomic mass is 79.9. The number of aromatic amines is 1. The van der Waals surface area contributed by atoms with E-state index >= 15 is 0 Å². The summed E-state index contributed by atoms with van der Waals surface area (Å²) in [6.45, 7) is 2.96. The number of carbonyl (C=O) groups is 1. The summed E-state index contributed by atoms with van der Waals surface area (Å²) >= 11 is 3.47. The quantitative estimate of drug-likeness (QED) is 0.707. The standard InChI is InChI=1S/C20H20BrN3O2/c1-26-19-5-3-2-4-18(19)23-8-10-24(11-9-23)20(25)17-13-14-12-15(21)6-7-16(14)22-17/h2-7,12-13,22H,8-11H2,1H3. The molecule has 0 atom stereocenters. The number of hydrogen-bond acceptors (Lipinski definition) is 3. The Morgan fingerprint density at radius 1 is 1.08 bits per heavy atom. The fraction of sp³-hybridized carbons (Fsp3) is 0.250. The van der Waals surface area contributed by atoms with E-state index in [1.807, 2.05) is 47.4 Å². The summed E-state index contributed by atoms with van der Waals surface area (Å²) in [7, 11) is 1.69. The minimum absolute atomic E-state index is 0.0528. The first-order valence-corrected chi connectivity index (χ1v) is 9.40. The molecule has 2 heterocycles. The van der Waals surface area contributed by atoms with E-state index in [9.17, 15) is 4.79 Å². The van der Waals surface area contributed by atoms with Gasteiger partial charge in [-0.1, -0.05) is 28.1 Å². The second-order valence-electron chi connectivity index (χ2n) is 6.37. The van der Waals surface area contributed by atoms with Crippen LogP contribution >= 0.6 is 15.9 Å². The number of rotatable bonds is 3. The van der Waals surface area contributed by atoms with Gasteiger partial charge >= 0.3 is 0 Å². The maximum Gasteiger partial charge on any atom is 0.270 e. The maximum atomic E-state index is 12.9. The number of nitrogens with zero attached hydrogens (tertiary/aromatic N) is 2. The van der Waals surface area contributed by atoms with Crippen LogP contribution in [0.3, 0.4) is 0 Å². The largest absolute Gasteiger partial charge is 0.495 e. The van der Waals surface area contributed by atoms with Crippen LogP contribution in [0.4, 0.5) is 5.69 Å². The third-order valence-corrected chi connectivity index (χ3v) is 5.30. The number of anilines is 1. The first-order valence-electron chi connectivity index (χ1n) is 8.61. The third kappa shape index (κ3) is 3.17. The van der Waals surface area contributed by atoms with E-state index in [1.54, 1.807) is 7.11 Å². The number of carbonyl (C=O) groups excluding carboxylic acids is 1. The Kier molecular flexibility index (Phi) is 4.59. The van der Waals surface area contributed by atoms with Crippen LogP contribution in [0, 0.1) is 0 Å². The number of halogens is 1. The summed E-state index contributed by atoms with van der Waals surface area (Å²) in [5.74, 6) is 0.922. The number of benzene rings is 2. The molecular formula is C20H20BrN3O2.